The molecule has 1 fully saturated rings. The maximum Gasteiger partial charge on any atom is 0.109 e. The summed E-state index contributed by atoms with van der Waals surface area (Å²) in [6.45, 7) is 3.26. The SMILES string of the molecule is CC(C)(F)C1CCCC1N. The van der Waals surface area contributed by atoms with Gasteiger partial charge in [-0.25, -0.2) is 4.39 Å². The fourth-order valence-corrected chi connectivity index (χ4v) is 1.84. The molecule has 1 rings (SSSR count). The lowest BCUT2D eigenvalue weighted by Crippen LogP contribution is -2.37. The van der Waals surface area contributed by atoms with Crippen LogP contribution in [0.3, 0.4) is 0 Å². The summed E-state index contributed by atoms with van der Waals surface area (Å²) in [5.41, 5.74) is 4.65. The second-order valence-electron chi connectivity index (χ2n) is 3.77. The molecule has 0 amide bonds. The van der Waals surface area contributed by atoms with Gasteiger partial charge >= 0.3 is 0 Å². The molecular weight excluding hydrogens is 129 g/mol. The van der Waals surface area contributed by atoms with Crippen LogP contribution in [0.15, 0.2) is 0 Å². The van der Waals surface area contributed by atoms with Crippen molar-refractivity contribution in [2.45, 2.75) is 44.8 Å². The van der Waals surface area contributed by atoms with Gasteiger partial charge in [-0.3, -0.25) is 0 Å². The highest BCUT2D eigenvalue weighted by Crippen LogP contribution is 2.35. The summed E-state index contributed by atoms with van der Waals surface area (Å²) in [5, 5.41) is 0. The van der Waals surface area contributed by atoms with E-state index in [1.165, 1.54) is 0 Å². The first-order valence-electron chi connectivity index (χ1n) is 3.96. The lowest BCUT2D eigenvalue weighted by atomic mass is 9.89. The van der Waals surface area contributed by atoms with Crippen molar-refractivity contribution in [3.05, 3.63) is 0 Å². The van der Waals surface area contributed by atoms with Crippen LogP contribution in [0.25, 0.3) is 0 Å². The average Bonchev–Trinajstić information content (AvgIpc) is 2.11. The lowest BCUT2D eigenvalue weighted by Gasteiger charge is -2.25. The number of nitrogens with two attached hydrogens (primary N) is 1. The molecule has 1 nitrogen and oxygen atoms in total. The Morgan fingerprint density at radius 1 is 1.40 bits per heavy atom. The van der Waals surface area contributed by atoms with Crippen LogP contribution in [-0.2, 0) is 0 Å². The normalized spacial score (nSPS) is 34.8. The van der Waals surface area contributed by atoms with Crippen LogP contribution in [0, 0.1) is 5.92 Å². The van der Waals surface area contributed by atoms with E-state index >= 15 is 0 Å². The zero-order valence-electron chi connectivity index (χ0n) is 6.73. The third kappa shape index (κ3) is 1.48. The summed E-state index contributed by atoms with van der Waals surface area (Å²) in [7, 11) is 0. The van der Waals surface area contributed by atoms with Crippen LogP contribution in [0.5, 0.6) is 0 Å². The van der Waals surface area contributed by atoms with E-state index in [2.05, 4.69) is 0 Å². The highest BCUT2D eigenvalue weighted by Gasteiger charge is 2.36. The monoisotopic (exact) mass is 145 g/mol. The number of halogens is 1. The minimum atomic E-state index is -1.07. The smallest absolute Gasteiger partial charge is 0.109 e. The molecule has 0 aromatic carbocycles. The van der Waals surface area contributed by atoms with Gasteiger partial charge in [-0.2, -0.15) is 0 Å². The molecule has 0 radical (unpaired) electrons. The van der Waals surface area contributed by atoms with Crippen molar-refractivity contribution in [1.82, 2.24) is 0 Å². The fourth-order valence-electron chi connectivity index (χ4n) is 1.84. The van der Waals surface area contributed by atoms with Crippen LogP contribution in [0.1, 0.15) is 33.1 Å². The topological polar surface area (TPSA) is 26.0 Å². The van der Waals surface area contributed by atoms with Gasteiger partial charge in [0.05, 0.1) is 0 Å². The van der Waals surface area contributed by atoms with Gasteiger partial charge in [-0.15, -0.1) is 0 Å². The van der Waals surface area contributed by atoms with Gasteiger partial charge in [0.15, 0.2) is 0 Å². The zero-order chi connectivity index (χ0) is 7.78. The van der Waals surface area contributed by atoms with E-state index in [1.54, 1.807) is 13.8 Å². The van der Waals surface area contributed by atoms with Gasteiger partial charge in [0.1, 0.15) is 5.67 Å². The minimum Gasteiger partial charge on any atom is -0.327 e. The molecule has 0 heterocycles. The molecule has 2 heteroatoms. The van der Waals surface area contributed by atoms with E-state index < -0.39 is 5.67 Å². The molecule has 0 aliphatic heterocycles. The van der Waals surface area contributed by atoms with E-state index in [0.717, 1.165) is 19.3 Å². The Balaban J connectivity index is 2.55. The summed E-state index contributed by atoms with van der Waals surface area (Å²) in [5.74, 6) is 0.0903. The van der Waals surface area contributed by atoms with E-state index in [4.69, 9.17) is 5.73 Å². The van der Waals surface area contributed by atoms with E-state index in [0.29, 0.717) is 0 Å². The van der Waals surface area contributed by atoms with Gasteiger partial charge in [-0.05, 0) is 26.7 Å². The van der Waals surface area contributed by atoms with Crippen LogP contribution in [-0.4, -0.2) is 11.7 Å². The molecule has 2 N–H and O–H groups in total. The van der Waals surface area contributed by atoms with E-state index in [1.807, 2.05) is 0 Å². The summed E-state index contributed by atoms with van der Waals surface area (Å²) in [6, 6.07) is 0.0972. The quantitative estimate of drug-likeness (QED) is 0.598. The summed E-state index contributed by atoms with van der Waals surface area (Å²) >= 11 is 0. The second-order valence-corrected chi connectivity index (χ2v) is 3.77. The average molecular weight is 145 g/mol. The highest BCUT2D eigenvalue weighted by molar-refractivity contribution is 4.90. The standard InChI is InChI=1S/C8H16FN/c1-8(2,9)6-4-3-5-7(6)10/h6-7H,3-5,10H2,1-2H3. The Morgan fingerprint density at radius 3 is 2.20 bits per heavy atom. The molecule has 0 aromatic heterocycles. The largest absolute Gasteiger partial charge is 0.327 e. The van der Waals surface area contributed by atoms with Crippen molar-refractivity contribution >= 4 is 0 Å². The molecule has 1 aliphatic carbocycles. The van der Waals surface area contributed by atoms with Crippen LogP contribution < -0.4 is 5.73 Å². The molecule has 2 atom stereocenters. The number of hydrogen-bond acceptors (Lipinski definition) is 1. The first-order chi connectivity index (χ1) is 4.52. The minimum absolute atomic E-state index is 0.0903. The van der Waals surface area contributed by atoms with Gasteiger partial charge in [0, 0.05) is 12.0 Å². The number of rotatable bonds is 1. The van der Waals surface area contributed by atoms with Crippen LogP contribution in [0.4, 0.5) is 4.39 Å². The third-order valence-electron chi connectivity index (χ3n) is 2.45. The lowest BCUT2D eigenvalue weighted by molar-refractivity contribution is 0.117. The maximum absolute atomic E-state index is 13.3. The molecular formula is C8H16FN. The summed E-state index contributed by atoms with van der Waals surface area (Å²) in [6.07, 6.45) is 3.06. The number of hydrogen-bond donors (Lipinski definition) is 1. The molecule has 10 heavy (non-hydrogen) atoms. The molecule has 0 bridgehead atoms. The van der Waals surface area contributed by atoms with Gasteiger partial charge < -0.3 is 5.73 Å². The molecule has 2 unspecified atom stereocenters. The van der Waals surface area contributed by atoms with Crippen LogP contribution in [0.2, 0.25) is 0 Å². The van der Waals surface area contributed by atoms with Gasteiger partial charge in [0.25, 0.3) is 0 Å². The van der Waals surface area contributed by atoms with E-state index in [9.17, 15) is 4.39 Å². The Morgan fingerprint density at radius 2 is 2.00 bits per heavy atom. The van der Waals surface area contributed by atoms with Gasteiger partial charge in [-0.1, -0.05) is 6.42 Å². The predicted molar refractivity (Wildman–Crippen MR) is 40.5 cm³/mol. The second kappa shape index (κ2) is 2.50. The van der Waals surface area contributed by atoms with E-state index in [-0.39, 0.29) is 12.0 Å². The Hall–Kier alpha value is -0.110. The molecule has 0 saturated heterocycles. The molecule has 1 aliphatic rings. The number of alkyl halides is 1. The molecule has 0 spiro atoms. The van der Waals surface area contributed by atoms with Gasteiger partial charge in [0.2, 0.25) is 0 Å². The Bertz CT molecular complexity index is 117. The van der Waals surface area contributed by atoms with Crippen LogP contribution >= 0.6 is 0 Å². The maximum atomic E-state index is 13.3. The molecule has 60 valence electrons. The predicted octanol–water partition coefficient (Wildman–Crippen LogP) is 1.86. The zero-order valence-corrected chi connectivity index (χ0v) is 6.73. The Labute approximate surface area is 61.8 Å². The third-order valence-corrected chi connectivity index (χ3v) is 2.45. The molecule has 0 aromatic rings. The van der Waals surface area contributed by atoms with Crippen molar-refractivity contribution in [2.24, 2.45) is 11.7 Å². The molecule has 1 saturated carbocycles. The van der Waals surface area contributed by atoms with Crippen molar-refractivity contribution in [1.29, 1.82) is 0 Å². The van der Waals surface area contributed by atoms with Crippen molar-refractivity contribution in [3.8, 4) is 0 Å². The fraction of sp³-hybridized carbons (Fsp3) is 1.00. The first-order valence-corrected chi connectivity index (χ1v) is 3.96. The summed E-state index contributed by atoms with van der Waals surface area (Å²) < 4.78 is 13.3. The van der Waals surface area contributed by atoms with Crippen molar-refractivity contribution in [3.63, 3.8) is 0 Å². The highest BCUT2D eigenvalue weighted by atomic mass is 19.1. The Kier molecular flexibility index (Phi) is 1.99. The first kappa shape index (κ1) is 7.99. The van der Waals surface area contributed by atoms with Crippen molar-refractivity contribution < 1.29 is 4.39 Å². The summed E-state index contributed by atoms with van der Waals surface area (Å²) in [4.78, 5) is 0. The van der Waals surface area contributed by atoms with Crippen molar-refractivity contribution in [2.75, 3.05) is 0 Å².